The van der Waals surface area contributed by atoms with Crippen LogP contribution in [0, 0.1) is 0 Å². The summed E-state index contributed by atoms with van der Waals surface area (Å²) in [7, 11) is 0. The normalized spacial score (nSPS) is 14.5. The standard InChI is InChI=1S/C24H28N4O4/c1-24(2,3)32-23(31)26-17-11-9-16(10-12-17)25-21(29)15-8-13-20-19(14-15)27-22(30)28(20)18-6-4-5-7-18/h8-14,18H,4-7H2,1-3H3,(H,25,29)(H,26,31)(H,27,30). The first kappa shape index (κ1) is 21.7. The number of imidazole rings is 1. The van der Waals surface area contributed by atoms with E-state index < -0.39 is 11.7 Å². The fourth-order valence-corrected chi connectivity index (χ4v) is 4.06. The van der Waals surface area contributed by atoms with Crippen molar-refractivity contribution in [2.75, 3.05) is 10.6 Å². The van der Waals surface area contributed by atoms with Gasteiger partial charge in [-0.25, -0.2) is 9.59 Å². The van der Waals surface area contributed by atoms with Crippen LogP contribution < -0.4 is 16.3 Å². The predicted octanol–water partition coefficient (Wildman–Crippen LogP) is 5.04. The molecule has 0 aliphatic heterocycles. The van der Waals surface area contributed by atoms with E-state index in [-0.39, 0.29) is 17.6 Å². The van der Waals surface area contributed by atoms with Crippen molar-refractivity contribution in [2.45, 2.75) is 58.1 Å². The minimum atomic E-state index is -0.582. The Bertz CT molecular complexity index is 1200. The highest BCUT2D eigenvalue weighted by Gasteiger charge is 2.21. The number of carbonyl (C=O) groups is 2. The van der Waals surface area contributed by atoms with Gasteiger partial charge >= 0.3 is 11.8 Å². The molecule has 2 amide bonds. The first-order valence-corrected chi connectivity index (χ1v) is 10.9. The highest BCUT2D eigenvalue weighted by atomic mass is 16.6. The second-order valence-corrected chi connectivity index (χ2v) is 9.13. The number of carbonyl (C=O) groups excluding carboxylic acids is 2. The van der Waals surface area contributed by atoms with Crippen LogP contribution >= 0.6 is 0 Å². The maximum absolute atomic E-state index is 12.7. The first-order chi connectivity index (χ1) is 15.2. The van der Waals surface area contributed by atoms with Crippen LogP contribution in [-0.4, -0.2) is 27.2 Å². The Kier molecular flexibility index (Phi) is 5.78. The second kappa shape index (κ2) is 8.53. The molecule has 168 valence electrons. The maximum Gasteiger partial charge on any atom is 0.412 e. The third kappa shape index (κ3) is 4.85. The molecule has 0 unspecified atom stereocenters. The van der Waals surface area contributed by atoms with E-state index in [0.29, 0.717) is 22.5 Å². The van der Waals surface area contributed by atoms with Crippen molar-refractivity contribution in [3.8, 4) is 0 Å². The van der Waals surface area contributed by atoms with Gasteiger partial charge in [-0.3, -0.25) is 14.7 Å². The van der Waals surface area contributed by atoms with Crippen LogP contribution in [-0.2, 0) is 4.74 Å². The Morgan fingerprint density at radius 3 is 2.25 bits per heavy atom. The van der Waals surface area contributed by atoms with Gasteiger partial charge in [-0.1, -0.05) is 12.8 Å². The SMILES string of the molecule is CC(C)(C)OC(=O)Nc1ccc(NC(=O)c2ccc3c(c2)[nH]c(=O)n3C2CCCC2)cc1. The minimum Gasteiger partial charge on any atom is -0.444 e. The molecule has 32 heavy (non-hydrogen) atoms. The molecule has 1 aromatic heterocycles. The molecule has 8 heteroatoms. The Labute approximate surface area is 186 Å². The number of aromatic amines is 1. The molecule has 8 nitrogen and oxygen atoms in total. The molecule has 0 bridgehead atoms. The fourth-order valence-electron chi connectivity index (χ4n) is 4.06. The molecule has 0 radical (unpaired) electrons. The summed E-state index contributed by atoms with van der Waals surface area (Å²) in [6.07, 6.45) is 3.75. The summed E-state index contributed by atoms with van der Waals surface area (Å²) in [4.78, 5) is 39.9. The van der Waals surface area contributed by atoms with Gasteiger partial charge in [0.25, 0.3) is 5.91 Å². The summed E-state index contributed by atoms with van der Waals surface area (Å²) in [6.45, 7) is 5.38. The van der Waals surface area contributed by atoms with Crippen LogP contribution in [0.15, 0.2) is 47.3 Å². The molecule has 3 N–H and O–H groups in total. The van der Waals surface area contributed by atoms with E-state index in [0.717, 1.165) is 31.2 Å². The van der Waals surface area contributed by atoms with Crippen LogP contribution in [0.25, 0.3) is 11.0 Å². The number of rotatable bonds is 4. The summed E-state index contributed by atoms with van der Waals surface area (Å²) in [5, 5.41) is 5.49. The smallest absolute Gasteiger partial charge is 0.412 e. The molecule has 3 aromatic rings. The summed E-state index contributed by atoms with van der Waals surface area (Å²) < 4.78 is 7.05. The number of hydrogen-bond acceptors (Lipinski definition) is 4. The van der Waals surface area contributed by atoms with Crippen LogP contribution in [0.2, 0.25) is 0 Å². The summed E-state index contributed by atoms with van der Waals surface area (Å²) in [5.41, 5.74) is 2.38. The van der Waals surface area contributed by atoms with E-state index in [9.17, 15) is 14.4 Å². The molecule has 2 aromatic carbocycles. The third-order valence-electron chi connectivity index (χ3n) is 5.46. The quantitative estimate of drug-likeness (QED) is 0.532. The van der Waals surface area contributed by atoms with Crippen LogP contribution in [0.1, 0.15) is 62.9 Å². The maximum atomic E-state index is 12.7. The highest BCUT2D eigenvalue weighted by Crippen LogP contribution is 2.30. The van der Waals surface area contributed by atoms with Gasteiger partial charge in [-0.15, -0.1) is 0 Å². The van der Waals surface area contributed by atoms with Gasteiger partial charge in [0.1, 0.15) is 5.60 Å². The molecular weight excluding hydrogens is 408 g/mol. The largest absolute Gasteiger partial charge is 0.444 e. The van der Waals surface area contributed by atoms with Gasteiger partial charge < -0.3 is 15.0 Å². The van der Waals surface area contributed by atoms with E-state index in [1.165, 1.54) is 0 Å². The molecule has 1 heterocycles. The lowest BCUT2D eigenvalue weighted by Crippen LogP contribution is -2.27. The van der Waals surface area contributed by atoms with Crippen molar-refractivity contribution < 1.29 is 14.3 Å². The van der Waals surface area contributed by atoms with Crippen molar-refractivity contribution in [3.05, 3.63) is 58.5 Å². The zero-order valence-electron chi connectivity index (χ0n) is 18.5. The summed E-state index contributed by atoms with van der Waals surface area (Å²) in [6, 6.07) is 12.2. The van der Waals surface area contributed by atoms with Gasteiger partial charge in [0.2, 0.25) is 0 Å². The minimum absolute atomic E-state index is 0.127. The topological polar surface area (TPSA) is 105 Å². The van der Waals surface area contributed by atoms with Crippen LogP contribution in [0.3, 0.4) is 0 Å². The van der Waals surface area contributed by atoms with E-state index in [2.05, 4.69) is 15.6 Å². The van der Waals surface area contributed by atoms with Crippen molar-refractivity contribution >= 4 is 34.4 Å². The van der Waals surface area contributed by atoms with Crippen molar-refractivity contribution in [1.82, 2.24) is 9.55 Å². The number of anilines is 2. The number of hydrogen-bond donors (Lipinski definition) is 3. The van der Waals surface area contributed by atoms with Crippen LogP contribution in [0.5, 0.6) is 0 Å². The van der Waals surface area contributed by atoms with Crippen LogP contribution in [0.4, 0.5) is 16.2 Å². The Morgan fingerprint density at radius 2 is 1.62 bits per heavy atom. The molecule has 1 saturated carbocycles. The Hall–Kier alpha value is -3.55. The number of aromatic nitrogens is 2. The van der Waals surface area contributed by atoms with Gasteiger partial charge in [-0.05, 0) is 76.1 Å². The van der Waals surface area contributed by atoms with E-state index in [1.807, 2.05) is 10.6 Å². The molecule has 1 aliphatic carbocycles. The van der Waals surface area contributed by atoms with Gasteiger partial charge in [-0.2, -0.15) is 0 Å². The lowest BCUT2D eigenvalue weighted by molar-refractivity contribution is 0.0635. The van der Waals surface area contributed by atoms with Gasteiger partial charge in [0.15, 0.2) is 0 Å². The molecule has 0 spiro atoms. The van der Waals surface area contributed by atoms with Crippen molar-refractivity contribution in [2.24, 2.45) is 0 Å². The highest BCUT2D eigenvalue weighted by molar-refractivity contribution is 6.06. The summed E-state index contributed by atoms with van der Waals surface area (Å²) in [5.74, 6) is -0.283. The predicted molar refractivity (Wildman–Crippen MR) is 124 cm³/mol. The first-order valence-electron chi connectivity index (χ1n) is 10.9. The van der Waals surface area contributed by atoms with Crippen molar-refractivity contribution in [3.63, 3.8) is 0 Å². The molecule has 0 saturated heterocycles. The molecule has 1 fully saturated rings. The Morgan fingerprint density at radius 1 is 1.00 bits per heavy atom. The lowest BCUT2D eigenvalue weighted by atomic mass is 10.1. The number of H-pyrrole nitrogens is 1. The number of nitrogens with one attached hydrogen (secondary N) is 3. The van der Waals surface area contributed by atoms with E-state index in [4.69, 9.17) is 4.74 Å². The van der Waals surface area contributed by atoms with E-state index in [1.54, 1.807) is 57.2 Å². The monoisotopic (exact) mass is 436 g/mol. The fraction of sp³-hybridized carbons (Fsp3) is 0.375. The average Bonchev–Trinajstić information content (AvgIpc) is 3.34. The number of nitrogens with zero attached hydrogens (tertiary/aromatic N) is 1. The summed E-state index contributed by atoms with van der Waals surface area (Å²) >= 11 is 0. The molecular formula is C24H28N4O4. The zero-order chi connectivity index (χ0) is 22.9. The Balaban J connectivity index is 1.44. The number of benzene rings is 2. The average molecular weight is 437 g/mol. The third-order valence-corrected chi connectivity index (χ3v) is 5.46. The molecule has 0 atom stereocenters. The van der Waals surface area contributed by atoms with Crippen molar-refractivity contribution in [1.29, 1.82) is 0 Å². The number of amides is 2. The lowest BCUT2D eigenvalue weighted by Gasteiger charge is -2.19. The number of ether oxygens (including phenoxy) is 1. The zero-order valence-corrected chi connectivity index (χ0v) is 18.5. The molecule has 1 aliphatic rings. The van der Waals surface area contributed by atoms with Gasteiger partial charge in [0.05, 0.1) is 11.0 Å². The second-order valence-electron chi connectivity index (χ2n) is 9.13. The molecule has 4 rings (SSSR count). The van der Waals surface area contributed by atoms with Gasteiger partial charge in [0, 0.05) is 23.0 Å². The van der Waals surface area contributed by atoms with E-state index >= 15 is 0 Å². The number of fused-ring (bicyclic) bond motifs is 1.